The van der Waals surface area contributed by atoms with E-state index in [1.54, 1.807) is 30.2 Å². The molecule has 0 saturated carbocycles. The Morgan fingerprint density at radius 2 is 2.09 bits per heavy atom. The maximum atomic E-state index is 6.71. The Balaban J connectivity index is 1.66. The third-order valence-corrected chi connectivity index (χ3v) is 10.0. The number of pyridine rings is 1. The molecule has 1 aliphatic rings. The van der Waals surface area contributed by atoms with E-state index in [0.29, 0.717) is 6.61 Å². The number of H-pyrrole nitrogens is 1. The van der Waals surface area contributed by atoms with Crippen molar-refractivity contribution in [3.05, 3.63) is 73.9 Å². The molecule has 6 nitrogen and oxygen atoms in total. The molecule has 3 aromatic heterocycles. The molecule has 0 bridgehead atoms. The van der Waals surface area contributed by atoms with E-state index < -0.39 is 21.2 Å². The van der Waals surface area contributed by atoms with E-state index in [-0.39, 0.29) is 0 Å². The van der Waals surface area contributed by atoms with Crippen LogP contribution in [0.15, 0.2) is 62.1 Å². The third kappa shape index (κ3) is 4.21. The minimum atomic E-state index is -0.459. The van der Waals surface area contributed by atoms with E-state index in [2.05, 4.69) is 44.5 Å². The van der Waals surface area contributed by atoms with Gasteiger partial charge in [-0.1, -0.05) is 0 Å². The van der Waals surface area contributed by atoms with Gasteiger partial charge in [-0.25, -0.2) is 0 Å². The number of hydrogen-bond acceptors (Lipinski definition) is 6. The second-order valence-corrected chi connectivity index (χ2v) is 11.9. The number of nitrogen functional groups attached to an aromatic ring is 1. The number of nitrogens with zero attached hydrogens (tertiary/aromatic N) is 3. The van der Waals surface area contributed by atoms with Gasteiger partial charge in [0.1, 0.15) is 0 Å². The van der Waals surface area contributed by atoms with Gasteiger partial charge in [0, 0.05) is 0 Å². The number of halogens is 1. The predicted molar refractivity (Wildman–Crippen MR) is 126 cm³/mol. The Hall–Kier alpha value is -2.21. The molecule has 1 aliphatic heterocycles. The maximum absolute atomic E-state index is 6.71. The summed E-state index contributed by atoms with van der Waals surface area (Å²) in [5.41, 5.74) is 11.6. The van der Waals surface area contributed by atoms with Crippen LogP contribution in [0, 0.1) is 0 Å². The van der Waals surface area contributed by atoms with Crippen molar-refractivity contribution >= 4 is 49.1 Å². The fraction of sp³-hybridized carbons (Fsp3) is 0.174. The molecule has 9 heteroatoms. The first-order valence-corrected chi connectivity index (χ1v) is 14.1. The molecule has 0 aliphatic carbocycles. The molecule has 3 N–H and O–H groups in total. The summed E-state index contributed by atoms with van der Waals surface area (Å²) in [4.78, 5) is 9.72. The molecule has 32 heavy (non-hydrogen) atoms. The first kappa shape index (κ1) is 21.6. The van der Waals surface area contributed by atoms with Crippen molar-refractivity contribution < 1.29 is 30.6 Å². The number of rotatable bonds is 6. The van der Waals surface area contributed by atoms with Crippen molar-refractivity contribution in [3.8, 4) is 0 Å². The van der Waals surface area contributed by atoms with Gasteiger partial charge in [0.05, 0.1) is 0 Å². The first-order chi connectivity index (χ1) is 15.6. The van der Waals surface area contributed by atoms with E-state index in [0.717, 1.165) is 47.8 Å². The fourth-order valence-corrected chi connectivity index (χ4v) is 8.59. The minimum absolute atomic E-state index is 0.459. The number of fused-ring (bicyclic) bond motifs is 2. The number of benzene rings is 1. The second-order valence-electron chi connectivity index (χ2n) is 7.23. The summed E-state index contributed by atoms with van der Waals surface area (Å²) in [5, 5.41) is 5.38. The van der Waals surface area contributed by atoms with Crippen LogP contribution in [0.4, 0.5) is 5.69 Å². The van der Waals surface area contributed by atoms with Crippen molar-refractivity contribution in [2.45, 2.75) is 4.21 Å². The Kier molecular flexibility index (Phi) is 6.31. The van der Waals surface area contributed by atoms with Crippen LogP contribution in [-0.2, 0) is 11.8 Å². The number of aromatic amines is 1. The molecular formula is C23H22IN5OS2. The van der Waals surface area contributed by atoms with Crippen LogP contribution in [0.2, 0.25) is 0 Å². The van der Waals surface area contributed by atoms with E-state index in [1.165, 1.54) is 9.14 Å². The Labute approximate surface area is 204 Å². The van der Waals surface area contributed by atoms with Gasteiger partial charge in [-0.15, -0.1) is 0 Å². The third-order valence-electron chi connectivity index (χ3n) is 4.98. The summed E-state index contributed by atoms with van der Waals surface area (Å²) < 4.78 is 12.8. The molecule has 164 valence electrons. The number of aromatic nitrogens is 3. The van der Waals surface area contributed by atoms with E-state index in [9.17, 15) is 0 Å². The molecule has 0 atom stereocenters. The zero-order valence-electron chi connectivity index (χ0n) is 17.6. The molecule has 0 unspecified atom stereocenters. The Morgan fingerprint density at radius 3 is 2.91 bits per heavy atom. The monoisotopic (exact) mass is 575 g/mol. The molecule has 0 spiro atoms. The van der Waals surface area contributed by atoms with Gasteiger partial charge in [-0.2, -0.15) is 0 Å². The molecule has 4 aromatic rings. The van der Waals surface area contributed by atoms with Crippen LogP contribution in [0.3, 0.4) is 0 Å². The summed E-state index contributed by atoms with van der Waals surface area (Å²) in [7, 11) is 3.69. The van der Waals surface area contributed by atoms with Gasteiger partial charge in [0.2, 0.25) is 0 Å². The summed E-state index contributed by atoms with van der Waals surface area (Å²) in [5.74, 6) is 0.865. The quantitative estimate of drug-likeness (QED) is 0.143. The fourth-order valence-electron chi connectivity index (χ4n) is 3.46. The number of methoxy groups -OCH3 is 1. The van der Waals surface area contributed by atoms with Gasteiger partial charge in [0.15, 0.2) is 0 Å². The number of hydrogen-bond donors (Lipinski definition) is 2. The average molecular weight is 576 g/mol. The summed E-state index contributed by atoms with van der Waals surface area (Å²) in [6, 6.07) is 12.7. The first-order valence-electron chi connectivity index (χ1n) is 10.0. The second kappa shape index (κ2) is 9.34. The number of nitrogens with two attached hydrogens (primary N) is 1. The van der Waals surface area contributed by atoms with Crippen molar-refractivity contribution in [2.75, 3.05) is 25.2 Å². The Bertz CT molecular complexity index is 1440. The number of nitrogens with one attached hydrogen (secondary N) is 1. The predicted octanol–water partition coefficient (Wildman–Crippen LogP) is -0.353. The van der Waals surface area contributed by atoms with Crippen LogP contribution in [0.5, 0.6) is 0 Å². The van der Waals surface area contributed by atoms with Crippen molar-refractivity contribution in [2.24, 2.45) is 12.0 Å². The summed E-state index contributed by atoms with van der Waals surface area (Å²) >= 11 is 2.95. The Morgan fingerprint density at radius 1 is 1.25 bits per heavy atom. The van der Waals surface area contributed by atoms with E-state index in [1.807, 2.05) is 30.2 Å². The summed E-state index contributed by atoms with van der Waals surface area (Å²) in [6.45, 7) is 0.691. The normalized spacial score (nSPS) is 13.8. The van der Waals surface area contributed by atoms with Gasteiger partial charge in [-0.05, 0) is 0 Å². The molecule has 0 amide bonds. The van der Waals surface area contributed by atoms with E-state index >= 15 is 0 Å². The summed E-state index contributed by atoms with van der Waals surface area (Å²) in [6.07, 6.45) is 3.94. The average Bonchev–Trinajstić information content (AvgIpc) is 3.25. The zero-order valence-corrected chi connectivity index (χ0v) is 21.4. The number of thioether (sulfide) groups is 1. The van der Waals surface area contributed by atoms with Crippen LogP contribution in [0.25, 0.3) is 20.3 Å². The SMILES string of the molecule is COCCSc1sc2c(c1N)=C(c1ccccc1)[I-]C=C(c1cnc3[nH][n+](C)cc3c1)N=2. The molecule has 0 fully saturated rings. The van der Waals surface area contributed by atoms with Gasteiger partial charge >= 0.3 is 205 Å². The van der Waals surface area contributed by atoms with Gasteiger partial charge < -0.3 is 0 Å². The van der Waals surface area contributed by atoms with Crippen molar-refractivity contribution in [3.63, 3.8) is 0 Å². The molecule has 0 radical (unpaired) electrons. The molecule has 0 saturated heterocycles. The number of ether oxygens (including phenoxy) is 1. The number of thiophene rings is 1. The topological polar surface area (TPSA) is 80.2 Å². The molecular weight excluding hydrogens is 553 g/mol. The van der Waals surface area contributed by atoms with E-state index in [4.69, 9.17) is 15.5 Å². The van der Waals surface area contributed by atoms with Crippen LogP contribution in [-0.4, -0.2) is 29.6 Å². The molecule has 5 rings (SSSR count). The van der Waals surface area contributed by atoms with Crippen molar-refractivity contribution in [1.82, 2.24) is 10.1 Å². The van der Waals surface area contributed by atoms with Crippen molar-refractivity contribution in [1.29, 1.82) is 0 Å². The number of aryl methyl sites for hydroxylation is 1. The molecule has 4 heterocycles. The van der Waals surface area contributed by atoms with Gasteiger partial charge in [-0.3, -0.25) is 0 Å². The van der Waals surface area contributed by atoms with Crippen LogP contribution < -0.4 is 41.5 Å². The number of anilines is 1. The van der Waals surface area contributed by atoms with Crippen LogP contribution in [0.1, 0.15) is 11.1 Å². The van der Waals surface area contributed by atoms with Gasteiger partial charge in [0.25, 0.3) is 0 Å². The zero-order chi connectivity index (χ0) is 22.1. The van der Waals surface area contributed by atoms with Crippen LogP contribution >= 0.6 is 23.1 Å². The standard InChI is InChI=1S/C23H21IN5OS2/c1-29-13-16-10-15(12-26-21(16)28-29)17-11-24-19(14-6-4-3-5-7-14)18-20(25)23(31-9-8-30-2)32-22(18)27-17/h3-7,10-13H,8-9,25H2,1-2H3/q-1/p+1. The molecule has 1 aromatic carbocycles.